The van der Waals surface area contributed by atoms with E-state index in [1.165, 1.54) is 25.8 Å². The number of rotatable bonds is 3. The monoisotopic (exact) mass is 168 g/mol. The summed E-state index contributed by atoms with van der Waals surface area (Å²) in [6, 6.07) is 0. The first-order valence-corrected chi connectivity index (χ1v) is 5.23. The van der Waals surface area contributed by atoms with Crippen LogP contribution in [-0.4, -0.2) is 30.1 Å². The SMILES string of the molecule is CCC1(N)CN(CC2CCC2)C1. The van der Waals surface area contributed by atoms with Crippen LogP contribution in [0.5, 0.6) is 0 Å². The molecule has 2 fully saturated rings. The zero-order valence-electron chi connectivity index (χ0n) is 8.05. The van der Waals surface area contributed by atoms with E-state index in [0.29, 0.717) is 0 Å². The standard InChI is InChI=1S/C10H20N2/c1-2-10(11)7-12(8-10)6-9-4-3-5-9/h9H,2-8,11H2,1H3. The Bertz CT molecular complexity index is 154. The molecule has 0 aromatic carbocycles. The van der Waals surface area contributed by atoms with Crippen molar-refractivity contribution < 1.29 is 0 Å². The summed E-state index contributed by atoms with van der Waals surface area (Å²) in [5, 5.41) is 0. The van der Waals surface area contributed by atoms with Gasteiger partial charge in [0.2, 0.25) is 0 Å². The van der Waals surface area contributed by atoms with E-state index in [2.05, 4.69) is 11.8 Å². The van der Waals surface area contributed by atoms with E-state index in [9.17, 15) is 0 Å². The molecule has 2 N–H and O–H groups in total. The minimum atomic E-state index is 0.170. The van der Waals surface area contributed by atoms with Gasteiger partial charge in [-0.3, -0.25) is 4.90 Å². The Balaban J connectivity index is 1.67. The van der Waals surface area contributed by atoms with Crippen molar-refractivity contribution in [1.29, 1.82) is 0 Å². The van der Waals surface area contributed by atoms with Gasteiger partial charge in [0.1, 0.15) is 0 Å². The summed E-state index contributed by atoms with van der Waals surface area (Å²) in [5.41, 5.74) is 6.26. The quantitative estimate of drug-likeness (QED) is 0.686. The average molecular weight is 168 g/mol. The van der Waals surface area contributed by atoms with Crippen molar-refractivity contribution in [2.24, 2.45) is 11.7 Å². The van der Waals surface area contributed by atoms with E-state index in [0.717, 1.165) is 25.4 Å². The highest BCUT2D eigenvalue weighted by Gasteiger charge is 2.38. The van der Waals surface area contributed by atoms with E-state index in [-0.39, 0.29) is 5.54 Å². The third-order valence-corrected chi connectivity index (χ3v) is 3.52. The third kappa shape index (κ3) is 1.50. The molecule has 1 aliphatic carbocycles. The lowest BCUT2D eigenvalue weighted by atomic mass is 9.81. The Hall–Kier alpha value is -0.0800. The Morgan fingerprint density at radius 1 is 1.42 bits per heavy atom. The Labute approximate surface area is 75.1 Å². The molecule has 70 valence electrons. The van der Waals surface area contributed by atoms with Gasteiger partial charge in [-0.1, -0.05) is 13.3 Å². The first kappa shape index (κ1) is 8.52. The van der Waals surface area contributed by atoms with E-state index < -0.39 is 0 Å². The normalized spacial score (nSPS) is 29.5. The van der Waals surface area contributed by atoms with Gasteiger partial charge in [-0.2, -0.15) is 0 Å². The summed E-state index contributed by atoms with van der Waals surface area (Å²) in [5.74, 6) is 1.01. The smallest absolute Gasteiger partial charge is 0.0409 e. The van der Waals surface area contributed by atoms with Crippen LogP contribution < -0.4 is 5.73 Å². The maximum Gasteiger partial charge on any atom is 0.0409 e. The van der Waals surface area contributed by atoms with Gasteiger partial charge in [-0.25, -0.2) is 0 Å². The molecule has 0 atom stereocenters. The van der Waals surface area contributed by atoms with Crippen molar-refractivity contribution in [1.82, 2.24) is 4.90 Å². The van der Waals surface area contributed by atoms with Crippen LogP contribution >= 0.6 is 0 Å². The van der Waals surface area contributed by atoms with Crippen LogP contribution in [0.15, 0.2) is 0 Å². The van der Waals surface area contributed by atoms with Crippen LogP contribution in [0.2, 0.25) is 0 Å². The second-order valence-electron chi connectivity index (χ2n) is 4.68. The number of hydrogen-bond acceptors (Lipinski definition) is 2. The molecule has 0 spiro atoms. The summed E-state index contributed by atoms with van der Waals surface area (Å²) in [6.45, 7) is 5.79. The van der Waals surface area contributed by atoms with Crippen molar-refractivity contribution in [3.8, 4) is 0 Å². The molecule has 0 radical (unpaired) electrons. The Morgan fingerprint density at radius 3 is 2.50 bits per heavy atom. The molecule has 1 heterocycles. The van der Waals surface area contributed by atoms with Gasteiger partial charge in [0.05, 0.1) is 0 Å². The molecular formula is C10H20N2. The molecule has 0 amide bonds. The van der Waals surface area contributed by atoms with Crippen molar-refractivity contribution >= 4 is 0 Å². The van der Waals surface area contributed by atoms with Crippen LogP contribution in [0.4, 0.5) is 0 Å². The van der Waals surface area contributed by atoms with Gasteiger partial charge in [-0.15, -0.1) is 0 Å². The van der Waals surface area contributed by atoms with Gasteiger partial charge in [0.15, 0.2) is 0 Å². The Morgan fingerprint density at radius 2 is 2.08 bits per heavy atom. The second-order valence-corrected chi connectivity index (χ2v) is 4.68. The lowest BCUT2D eigenvalue weighted by molar-refractivity contribution is 0.0390. The molecule has 2 aliphatic rings. The number of nitrogens with two attached hydrogens (primary N) is 1. The van der Waals surface area contributed by atoms with Crippen LogP contribution in [0.25, 0.3) is 0 Å². The summed E-state index contributed by atoms with van der Waals surface area (Å²) in [6.07, 6.45) is 5.51. The first-order chi connectivity index (χ1) is 5.72. The largest absolute Gasteiger partial charge is 0.323 e. The van der Waals surface area contributed by atoms with Crippen molar-refractivity contribution in [2.75, 3.05) is 19.6 Å². The summed E-state index contributed by atoms with van der Waals surface area (Å²) in [7, 11) is 0. The number of nitrogens with zero attached hydrogens (tertiary/aromatic N) is 1. The molecule has 2 heteroatoms. The highest BCUT2D eigenvalue weighted by atomic mass is 15.2. The fourth-order valence-electron chi connectivity index (χ4n) is 2.24. The molecule has 0 bridgehead atoms. The van der Waals surface area contributed by atoms with Crippen molar-refractivity contribution in [3.05, 3.63) is 0 Å². The maximum atomic E-state index is 6.09. The Kier molecular flexibility index (Phi) is 2.13. The highest BCUT2D eigenvalue weighted by Crippen LogP contribution is 2.30. The third-order valence-electron chi connectivity index (χ3n) is 3.52. The van der Waals surface area contributed by atoms with E-state index in [1.54, 1.807) is 0 Å². The minimum absolute atomic E-state index is 0.170. The topological polar surface area (TPSA) is 29.3 Å². The van der Waals surface area contributed by atoms with E-state index >= 15 is 0 Å². The summed E-state index contributed by atoms with van der Waals surface area (Å²) >= 11 is 0. The van der Waals surface area contributed by atoms with E-state index in [4.69, 9.17) is 5.73 Å². The molecule has 0 unspecified atom stereocenters. The van der Waals surface area contributed by atoms with Gasteiger partial charge in [0, 0.05) is 25.2 Å². The van der Waals surface area contributed by atoms with Gasteiger partial charge >= 0.3 is 0 Å². The van der Waals surface area contributed by atoms with Crippen LogP contribution in [-0.2, 0) is 0 Å². The molecule has 2 nitrogen and oxygen atoms in total. The zero-order valence-corrected chi connectivity index (χ0v) is 8.05. The first-order valence-electron chi connectivity index (χ1n) is 5.23. The molecule has 12 heavy (non-hydrogen) atoms. The molecule has 0 aromatic rings. The molecular weight excluding hydrogens is 148 g/mol. The van der Waals surface area contributed by atoms with Crippen LogP contribution in [0, 0.1) is 5.92 Å². The number of likely N-dealkylation sites (tertiary alicyclic amines) is 1. The average Bonchev–Trinajstić information content (AvgIpc) is 1.92. The lowest BCUT2D eigenvalue weighted by Gasteiger charge is -2.49. The van der Waals surface area contributed by atoms with Gasteiger partial charge < -0.3 is 5.73 Å². The molecule has 2 rings (SSSR count). The minimum Gasteiger partial charge on any atom is -0.323 e. The predicted molar refractivity (Wildman–Crippen MR) is 51.0 cm³/mol. The summed E-state index contributed by atoms with van der Waals surface area (Å²) in [4.78, 5) is 2.52. The highest BCUT2D eigenvalue weighted by molar-refractivity contribution is 4.99. The second kappa shape index (κ2) is 3.00. The van der Waals surface area contributed by atoms with Gasteiger partial charge in [-0.05, 0) is 25.2 Å². The van der Waals surface area contributed by atoms with Crippen LogP contribution in [0.3, 0.4) is 0 Å². The predicted octanol–water partition coefficient (Wildman–Crippen LogP) is 1.21. The fraction of sp³-hybridized carbons (Fsp3) is 1.00. The van der Waals surface area contributed by atoms with Crippen molar-refractivity contribution in [2.45, 2.75) is 38.1 Å². The van der Waals surface area contributed by atoms with Gasteiger partial charge in [0.25, 0.3) is 0 Å². The zero-order chi connectivity index (χ0) is 8.60. The molecule has 1 saturated heterocycles. The molecule has 0 aromatic heterocycles. The molecule has 1 aliphatic heterocycles. The maximum absolute atomic E-state index is 6.09. The van der Waals surface area contributed by atoms with Crippen molar-refractivity contribution in [3.63, 3.8) is 0 Å². The number of hydrogen-bond donors (Lipinski definition) is 1. The summed E-state index contributed by atoms with van der Waals surface area (Å²) < 4.78 is 0. The fourth-order valence-corrected chi connectivity index (χ4v) is 2.24. The molecule has 1 saturated carbocycles. The van der Waals surface area contributed by atoms with E-state index in [1.807, 2.05) is 0 Å². The van der Waals surface area contributed by atoms with Crippen LogP contribution in [0.1, 0.15) is 32.6 Å². The lowest BCUT2D eigenvalue weighted by Crippen LogP contribution is -2.67.